The maximum absolute atomic E-state index is 12.3. The lowest BCUT2D eigenvalue weighted by Crippen LogP contribution is -1.94. The van der Waals surface area contributed by atoms with E-state index < -0.39 is 0 Å². The molecule has 3 rings (SSSR count). The molecule has 0 N–H and O–H groups in total. The van der Waals surface area contributed by atoms with Crippen LogP contribution in [0.5, 0.6) is 5.75 Å². The molecule has 3 aromatic carbocycles. The molecule has 0 spiro atoms. The summed E-state index contributed by atoms with van der Waals surface area (Å²) < 4.78 is 5.21. The predicted molar refractivity (Wildman–Crippen MR) is 95.0 cm³/mol. The number of carbonyl (C=O) groups excluding carboxylic acids is 1. The summed E-state index contributed by atoms with van der Waals surface area (Å²) in [7, 11) is 1.63. The zero-order valence-corrected chi connectivity index (χ0v) is 13.2. The number of fused-ring (bicyclic) bond motifs is 1. The summed E-state index contributed by atoms with van der Waals surface area (Å²) in [5.41, 5.74) is 2.12. The number of rotatable bonds is 4. The second-order valence-corrected chi connectivity index (χ2v) is 5.36. The molecule has 0 aromatic heterocycles. The molecule has 0 saturated heterocycles. The molecule has 3 heteroatoms. The maximum Gasteiger partial charge on any atom is 0.185 e. The Kier molecular flexibility index (Phi) is 4.40. The molecule has 24 heavy (non-hydrogen) atoms. The van der Waals surface area contributed by atoms with Crippen LogP contribution in [0, 0.1) is 11.3 Å². The SMILES string of the molecule is COc1ccc2cc(C(=O)C=Cc3ccc(C#N)cc3)ccc2c1. The predicted octanol–water partition coefficient (Wildman–Crippen LogP) is 4.62. The molecular formula is C21H15NO2. The minimum atomic E-state index is -0.0583. The van der Waals surface area contributed by atoms with Crippen molar-refractivity contribution in [3.05, 3.63) is 83.4 Å². The highest BCUT2D eigenvalue weighted by molar-refractivity contribution is 6.08. The Morgan fingerprint density at radius 2 is 1.71 bits per heavy atom. The monoisotopic (exact) mass is 313 g/mol. The third-order valence-electron chi connectivity index (χ3n) is 3.80. The van der Waals surface area contributed by atoms with Crippen LogP contribution >= 0.6 is 0 Å². The first-order valence-corrected chi connectivity index (χ1v) is 7.50. The summed E-state index contributed by atoms with van der Waals surface area (Å²) in [6, 6.07) is 20.5. The lowest BCUT2D eigenvalue weighted by molar-refractivity contribution is 0.104. The molecule has 0 amide bonds. The van der Waals surface area contributed by atoms with E-state index in [0.717, 1.165) is 22.1 Å². The van der Waals surface area contributed by atoms with Crippen LogP contribution in [0.25, 0.3) is 16.8 Å². The van der Waals surface area contributed by atoms with Crippen LogP contribution in [0.2, 0.25) is 0 Å². The van der Waals surface area contributed by atoms with Crippen molar-refractivity contribution in [2.75, 3.05) is 7.11 Å². The number of nitriles is 1. The smallest absolute Gasteiger partial charge is 0.185 e. The minimum absolute atomic E-state index is 0.0583. The summed E-state index contributed by atoms with van der Waals surface area (Å²) in [6.45, 7) is 0. The van der Waals surface area contributed by atoms with Gasteiger partial charge in [0, 0.05) is 5.56 Å². The third-order valence-corrected chi connectivity index (χ3v) is 3.80. The number of carbonyl (C=O) groups is 1. The molecule has 3 aromatic rings. The van der Waals surface area contributed by atoms with Gasteiger partial charge in [-0.05, 0) is 52.7 Å². The molecule has 0 atom stereocenters. The first-order chi connectivity index (χ1) is 11.7. The highest BCUT2D eigenvalue weighted by atomic mass is 16.5. The van der Waals surface area contributed by atoms with Crippen LogP contribution in [-0.4, -0.2) is 12.9 Å². The van der Waals surface area contributed by atoms with Gasteiger partial charge in [0.15, 0.2) is 5.78 Å². The largest absolute Gasteiger partial charge is 0.497 e. The van der Waals surface area contributed by atoms with Gasteiger partial charge in [-0.3, -0.25) is 4.79 Å². The summed E-state index contributed by atoms with van der Waals surface area (Å²) >= 11 is 0. The van der Waals surface area contributed by atoms with E-state index in [0.29, 0.717) is 11.1 Å². The number of ether oxygens (including phenoxy) is 1. The molecule has 0 bridgehead atoms. The first kappa shape index (κ1) is 15.5. The Morgan fingerprint density at radius 1 is 1.00 bits per heavy atom. The average Bonchev–Trinajstić information content (AvgIpc) is 2.65. The van der Waals surface area contributed by atoms with Crippen molar-refractivity contribution in [2.45, 2.75) is 0 Å². The number of hydrogen-bond donors (Lipinski definition) is 0. The molecule has 0 saturated carbocycles. The molecule has 116 valence electrons. The Labute approximate surface area is 140 Å². The quantitative estimate of drug-likeness (QED) is 0.522. The van der Waals surface area contributed by atoms with Gasteiger partial charge in [-0.15, -0.1) is 0 Å². The first-order valence-electron chi connectivity index (χ1n) is 7.50. The number of ketones is 1. The van der Waals surface area contributed by atoms with Crippen LogP contribution < -0.4 is 4.74 Å². The average molecular weight is 313 g/mol. The fraction of sp³-hybridized carbons (Fsp3) is 0.0476. The van der Waals surface area contributed by atoms with E-state index in [4.69, 9.17) is 10.00 Å². The molecule has 0 fully saturated rings. The van der Waals surface area contributed by atoms with E-state index in [1.807, 2.05) is 48.5 Å². The van der Waals surface area contributed by atoms with Crippen LogP contribution in [0.3, 0.4) is 0 Å². The number of methoxy groups -OCH3 is 1. The van der Waals surface area contributed by atoms with Crippen molar-refractivity contribution in [2.24, 2.45) is 0 Å². The highest BCUT2D eigenvalue weighted by Crippen LogP contribution is 2.22. The van der Waals surface area contributed by atoms with Gasteiger partial charge < -0.3 is 4.74 Å². The van der Waals surface area contributed by atoms with Gasteiger partial charge in [0.05, 0.1) is 18.7 Å². The molecule has 0 heterocycles. The zero-order valence-electron chi connectivity index (χ0n) is 13.2. The van der Waals surface area contributed by atoms with Gasteiger partial charge in [0.2, 0.25) is 0 Å². The zero-order chi connectivity index (χ0) is 16.9. The molecular weight excluding hydrogens is 298 g/mol. The van der Waals surface area contributed by atoms with Crippen LogP contribution in [0.15, 0.2) is 66.7 Å². The van der Waals surface area contributed by atoms with Gasteiger partial charge >= 0.3 is 0 Å². The molecule has 3 nitrogen and oxygen atoms in total. The van der Waals surface area contributed by atoms with Gasteiger partial charge in [-0.2, -0.15) is 5.26 Å². The Balaban J connectivity index is 1.82. The highest BCUT2D eigenvalue weighted by Gasteiger charge is 2.04. The van der Waals surface area contributed by atoms with Gasteiger partial charge in [0.1, 0.15) is 5.75 Å². The van der Waals surface area contributed by atoms with E-state index in [-0.39, 0.29) is 5.78 Å². The van der Waals surface area contributed by atoms with Crippen molar-refractivity contribution in [1.29, 1.82) is 5.26 Å². The van der Waals surface area contributed by atoms with Crippen molar-refractivity contribution in [3.63, 3.8) is 0 Å². The molecule has 0 aliphatic rings. The summed E-state index contributed by atoms with van der Waals surface area (Å²) in [5.74, 6) is 0.736. The van der Waals surface area contributed by atoms with Crippen molar-refractivity contribution in [1.82, 2.24) is 0 Å². The summed E-state index contributed by atoms with van der Waals surface area (Å²) in [6.07, 6.45) is 3.30. The normalized spacial score (nSPS) is 10.7. The van der Waals surface area contributed by atoms with Crippen LogP contribution in [0.4, 0.5) is 0 Å². The second kappa shape index (κ2) is 6.80. The van der Waals surface area contributed by atoms with Crippen LogP contribution in [0.1, 0.15) is 21.5 Å². The number of benzene rings is 3. The molecule has 0 radical (unpaired) electrons. The van der Waals surface area contributed by atoms with Gasteiger partial charge in [0.25, 0.3) is 0 Å². The van der Waals surface area contributed by atoms with Gasteiger partial charge in [-0.1, -0.05) is 36.4 Å². The topological polar surface area (TPSA) is 50.1 Å². The van der Waals surface area contributed by atoms with E-state index in [1.165, 1.54) is 0 Å². The van der Waals surface area contributed by atoms with Crippen molar-refractivity contribution in [3.8, 4) is 11.8 Å². The van der Waals surface area contributed by atoms with Crippen molar-refractivity contribution < 1.29 is 9.53 Å². The van der Waals surface area contributed by atoms with E-state index in [2.05, 4.69) is 6.07 Å². The van der Waals surface area contributed by atoms with E-state index in [9.17, 15) is 4.79 Å². The Morgan fingerprint density at radius 3 is 2.42 bits per heavy atom. The number of hydrogen-bond acceptors (Lipinski definition) is 3. The maximum atomic E-state index is 12.3. The van der Waals surface area contributed by atoms with E-state index in [1.54, 1.807) is 31.4 Å². The standard InChI is InChI=1S/C21H15NO2/c1-24-20-10-9-17-12-19(8-7-18(17)13-20)21(23)11-6-15-2-4-16(14-22)5-3-15/h2-13H,1H3. The minimum Gasteiger partial charge on any atom is -0.497 e. The molecule has 0 aliphatic heterocycles. The summed E-state index contributed by atoms with van der Waals surface area (Å²) in [5, 5.41) is 10.8. The van der Waals surface area contributed by atoms with Gasteiger partial charge in [-0.25, -0.2) is 0 Å². The molecule has 0 unspecified atom stereocenters. The fourth-order valence-electron chi connectivity index (χ4n) is 2.44. The Hall–Kier alpha value is -3.38. The lowest BCUT2D eigenvalue weighted by Gasteiger charge is -2.04. The number of nitrogens with zero attached hydrogens (tertiary/aromatic N) is 1. The van der Waals surface area contributed by atoms with Crippen LogP contribution in [-0.2, 0) is 0 Å². The number of allylic oxidation sites excluding steroid dienone is 1. The summed E-state index contributed by atoms with van der Waals surface area (Å²) in [4.78, 5) is 12.3. The lowest BCUT2D eigenvalue weighted by atomic mass is 10.0. The second-order valence-electron chi connectivity index (χ2n) is 5.36. The third kappa shape index (κ3) is 3.34. The molecule has 0 aliphatic carbocycles. The van der Waals surface area contributed by atoms with Crippen molar-refractivity contribution >= 4 is 22.6 Å². The fourth-order valence-corrected chi connectivity index (χ4v) is 2.44. The Bertz CT molecular complexity index is 963. The van der Waals surface area contributed by atoms with E-state index >= 15 is 0 Å².